The highest BCUT2D eigenvalue weighted by Crippen LogP contribution is 2.30. The molecule has 0 aliphatic carbocycles. The van der Waals surface area contributed by atoms with Crippen LogP contribution in [0.25, 0.3) is 11.1 Å². The number of rotatable bonds is 6. The topological polar surface area (TPSA) is 95.0 Å². The van der Waals surface area contributed by atoms with Crippen molar-refractivity contribution in [2.24, 2.45) is 5.92 Å². The number of nitrogens with one attached hydrogen (secondary N) is 1. The number of aliphatic hydroxyl groups is 1. The number of hydrogen-bond donors (Lipinski definition) is 2. The van der Waals surface area contributed by atoms with Crippen LogP contribution in [0.5, 0.6) is 5.88 Å². The number of hydrogen-bond acceptors (Lipinski definition) is 5. The summed E-state index contributed by atoms with van der Waals surface area (Å²) in [6.07, 6.45) is 1.10. The second-order valence-electron chi connectivity index (χ2n) is 9.38. The SMILES string of the molecule is C[C@H](CO)N1C[C@H](C)[C@H](CN(C)C(=O)Nc2ccccc2)Oc2ncc(-c3ccc(F)cc3)cc2C1=O. The fourth-order valence-corrected chi connectivity index (χ4v) is 4.21. The molecule has 3 aromatic rings. The van der Waals surface area contributed by atoms with Gasteiger partial charge in [0.15, 0.2) is 0 Å². The maximum Gasteiger partial charge on any atom is 0.321 e. The van der Waals surface area contributed by atoms with E-state index >= 15 is 0 Å². The number of aliphatic hydroxyl groups excluding tert-OH is 1. The summed E-state index contributed by atoms with van der Waals surface area (Å²) in [7, 11) is 1.68. The number of amides is 3. The maximum absolute atomic E-state index is 13.6. The molecule has 1 aliphatic heterocycles. The van der Waals surface area contributed by atoms with Crippen LogP contribution in [0.3, 0.4) is 0 Å². The summed E-state index contributed by atoms with van der Waals surface area (Å²) in [6, 6.07) is 16.0. The molecule has 0 unspecified atom stereocenters. The van der Waals surface area contributed by atoms with Gasteiger partial charge in [0, 0.05) is 37.0 Å². The Morgan fingerprint density at radius 2 is 1.92 bits per heavy atom. The van der Waals surface area contributed by atoms with Gasteiger partial charge in [-0.15, -0.1) is 0 Å². The van der Waals surface area contributed by atoms with Crippen molar-refractivity contribution >= 4 is 17.6 Å². The highest BCUT2D eigenvalue weighted by molar-refractivity contribution is 5.98. The van der Waals surface area contributed by atoms with Gasteiger partial charge in [-0.1, -0.05) is 37.3 Å². The molecule has 1 aliphatic rings. The summed E-state index contributed by atoms with van der Waals surface area (Å²) in [6.45, 7) is 4.08. The van der Waals surface area contributed by atoms with E-state index in [1.807, 2.05) is 25.1 Å². The van der Waals surface area contributed by atoms with Crippen molar-refractivity contribution < 1.29 is 23.8 Å². The number of halogens is 1. The van der Waals surface area contributed by atoms with E-state index in [4.69, 9.17) is 4.74 Å². The fraction of sp³-hybridized carbons (Fsp3) is 0.321. The summed E-state index contributed by atoms with van der Waals surface area (Å²) in [5.41, 5.74) is 2.27. The Bertz CT molecular complexity index is 1240. The summed E-state index contributed by atoms with van der Waals surface area (Å²) in [5, 5.41) is 12.7. The number of fused-ring (bicyclic) bond motifs is 1. The van der Waals surface area contributed by atoms with Crippen LogP contribution < -0.4 is 10.1 Å². The molecule has 8 nitrogen and oxygen atoms in total. The van der Waals surface area contributed by atoms with E-state index in [1.165, 1.54) is 17.0 Å². The Morgan fingerprint density at radius 1 is 1.22 bits per heavy atom. The molecule has 0 fully saturated rings. The quantitative estimate of drug-likeness (QED) is 0.521. The molecular weight excluding hydrogens is 475 g/mol. The van der Waals surface area contributed by atoms with Gasteiger partial charge in [0.1, 0.15) is 17.5 Å². The molecule has 0 saturated heterocycles. The van der Waals surface area contributed by atoms with E-state index in [0.29, 0.717) is 23.4 Å². The Labute approximate surface area is 215 Å². The van der Waals surface area contributed by atoms with Gasteiger partial charge >= 0.3 is 6.03 Å². The van der Waals surface area contributed by atoms with E-state index in [0.717, 1.165) is 0 Å². The van der Waals surface area contributed by atoms with Crippen LogP contribution in [0.4, 0.5) is 14.9 Å². The average molecular weight is 507 g/mol. The molecule has 0 radical (unpaired) electrons. The van der Waals surface area contributed by atoms with Gasteiger partial charge < -0.3 is 25.0 Å². The number of carbonyl (C=O) groups is 2. The third kappa shape index (κ3) is 6.06. The lowest BCUT2D eigenvalue weighted by Crippen LogP contribution is -2.50. The van der Waals surface area contributed by atoms with Gasteiger partial charge in [0.2, 0.25) is 5.88 Å². The average Bonchev–Trinajstić information content (AvgIpc) is 2.91. The van der Waals surface area contributed by atoms with Gasteiger partial charge in [-0.3, -0.25) is 4.79 Å². The molecule has 4 rings (SSSR count). The van der Waals surface area contributed by atoms with Crippen molar-refractivity contribution in [3.8, 4) is 17.0 Å². The molecule has 2 aromatic carbocycles. The summed E-state index contributed by atoms with van der Waals surface area (Å²) in [4.78, 5) is 34.0. The predicted octanol–water partition coefficient (Wildman–Crippen LogP) is 4.27. The van der Waals surface area contributed by atoms with E-state index in [1.54, 1.807) is 55.4 Å². The molecule has 194 valence electrons. The number of ether oxygens (including phenoxy) is 1. The molecule has 2 heterocycles. The minimum absolute atomic E-state index is 0.152. The molecule has 3 amide bonds. The highest BCUT2D eigenvalue weighted by atomic mass is 19.1. The van der Waals surface area contributed by atoms with Crippen LogP contribution in [0.15, 0.2) is 66.9 Å². The number of urea groups is 1. The maximum atomic E-state index is 13.6. The van der Waals surface area contributed by atoms with Crippen LogP contribution in [-0.4, -0.2) is 70.7 Å². The van der Waals surface area contributed by atoms with Crippen LogP contribution in [0.2, 0.25) is 0 Å². The number of anilines is 1. The van der Waals surface area contributed by atoms with Gasteiger partial charge in [-0.25, -0.2) is 14.2 Å². The minimum Gasteiger partial charge on any atom is -0.472 e. The smallest absolute Gasteiger partial charge is 0.321 e. The first-order chi connectivity index (χ1) is 17.8. The van der Waals surface area contributed by atoms with E-state index < -0.39 is 12.1 Å². The summed E-state index contributed by atoms with van der Waals surface area (Å²) in [5.74, 6) is -0.688. The monoisotopic (exact) mass is 506 g/mol. The second-order valence-corrected chi connectivity index (χ2v) is 9.38. The molecule has 0 saturated carbocycles. The predicted molar refractivity (Wildman–Crippen MR) is 139 cm³/mol. The molecule has 3 atom stereocenters. The highest BCUT2D eigenvalue weighted by Gasteiger charge is 2.34. The first kappa shape index (κ1) is 26.1. The van der Waals surface area contributed by atoms with E-state index in [9.17, 15) is 19.1 Å². The van der Waals surface area contributed by atoms with E-state index in [2.05, 4.69) is 10.3 Å². The Hall–Kier alpha value is -3.98. The summed E-state index contributed by atoms with van der Waals surface area (Å²) >= 11 is 0. The number of carbonyl (C=O) groups excluding carboxylic acids is 2. The lowest BCUT2D eigenvalue weighted by molar-refractivity contribution is 0.0356. The molecule has 37 heavy (non-hydrogen) atoms. The number of para-hydroxylation sites is 1. The standard InChI is InChI=1S/C28H31FN4O4/c1-18-15-33(19(2)17-34)27(35)24-13-21(20-9-11-22(29)12-10-20)14-30-26(24)37-25(18)16-32(3)28(36)31-23-7-5-4-6-8-23/h4-14,18-19,25,34H,15-17H2,1-3H3,(H,31,36)/t18-,19+,25-/m0/s1. The van der Waals surface area contributed by atoms with Gasteiger partial charge in [-0.05, 0) is 42.8 Å². The lowest BCUT2D eigenvalue weighted by atomic mass is 9.99. The third-order valence-corrected chi connectivity index (χ3v) is 6.52. The van der Waals surface area contributed by atoms with Crippen LogP contribution in [0.1, 0.15) is 24.2 Å². The Balaban J connectivity index is 1.63. The minimum atomic E-state index is -0.476. The molecule has 1 aromatic heterocycles. The molecule has 0 spiro atoms. The third-order valence-electron chi connectivity index (χ3n) is 6.52. The fourth-order valence-electron chi connectivity index (χ4n) is 4.21. The molecule has 2 N–H and O–H groups in total. The Kier molecular flexibility index (Phi) is 8.03. The number of benzene rings is 2. The van der Waals surface area contributed by atoms with Gasteiger partial charge in [-0.2, -0.15) is 0 Å². The zero-order valence-corrected chi connectivity index (χ0v) is 21.1. The zero-order valence-electron chi connectivity index (χ0n) is 21.1. The first-order valence-corrected chi connectivity index (χ1v) is 12.2. The number of likely N-dealkylation sites (N-methyl/N-ethyl adjacent to an activating group) is 1. The zero-order chi connectivity index (χ0) is 26.5. The van der Waals surface area contributed by atoms with Crippen molar-refractivity contribution in [2.75, 3.05) is 32.1 Å². The molecule has 9 heteroatoms. The van der Waals surface area contributed by atoms with Crippen molar-refractivity contribution in [3.05, 3.63) is 78.2 Å². The van der Waals surface area contributed by atoms with Crippen LogP contribution >= 0.6 is 0 Å². The van der Waals surface area contributed by atoms with Crippen LogP contribution in [0, 0.1) is 11.7 Å². The van der Waals surface area contributed by atoms with Crippen LogP contribution in [-0.2, 0) is 0 Å². The second kappa shape index (κ2) is 11.4. The van der Waals surface area contributed by atoms with Gasteiger partial charge in [0.25, 0.3) is 5.91 Å². The van der Waals surface area contributed by atoms with Crippen molar-refractivity contribution in [1.29, 1.82) is 0 Å². The van der Waals surface area contributed by atoms with Gasteiger partial charge in [0.05, 0.1) is 19.2 Å². The largest absolute Gasteiger partial charge is 0.472 e. The number of aromatic nitrogens is 1. The van der Waals surface area contributed by atoms with Crippen molar-refractivity contribution in [2.45, 2.75) is 26.0 Å². The Morgan fingerprint density at radius 3 is 2.59 bits per heavy atom. The normalized spacial score (nSPS) is 18.2. The van der Waals surface area contributed by atoms with Crippen molar-refractivity contribution in [3.63, 3.8) is 0 Å². The lowest BCUT2D eigenvalue weighted by Gasteiger charge is -2.37. The number of pyridine rings is 1. The first-order valence-electron chi connectivity index (χ1n) is 12.2. The summed E-state index contributed by atoms with van der Waals surface area (Å²) < 4.78 is 19.7. The van der Waals surface area contributed by atoms with Crippen molar-refractivity contribution in [1.82, 2.24) is 14.8 Å². The molecule has 0 bridgehead atoms. The number of nitrogens with zero attached hydrogens (tertiary/aromatic N) is 3. The molecular formula is C28H31FN4O4. The van der Waals surface area contributed by atoms with E-state index in [-0.39, 0.29) is 48.3 Å².